The first-order valence-corrected chi connectivity index (χ1v) is 12.8. The Labute approximate surface area is 218 Å². The van der Waals surface area contributed by atoms with Crippen LogP contribution in [0, 0.1) is 6.92 Å². The highest BCUT2D eigenvalue weighted by molar-refractivity contribution is 5.79. The molecule has 1 aromatic carbocycles. The molecule has 0 amide bonds. The van der Waals surface area contributed by atoms with E-state index >= 15 is 0 Å². The third-order valence-corrected chi connectivity index (χ3v) is 6.67. The van der Waals surface area contributed by atoms with Crippen LogP contribution in [0.3, 0.4) is 0 Å². The maximum absolute atomic E-state index is 6.23. The Morgan fingerprint density at radius 3 is 2.68 bits per heavy atom. The molecule has 37 heavy (non-hydrogen) atoms. The minimum Gasteiger partial charge on any atom is -0.370 e. The maximum atomic E-state index is 6.23. The van der Waals surface area contributed by atoms with Crippen LogP contribution in [0.15, 0.2) is 47.8 Å². The van der Waals surface area contributed by atoms with Crippen molar-refractivity contribution in [2.24, 2.45) is 10.7 Å². The SMILES string of the molecule is Cc1cc(-c2ccnc(Nc3cnn(C4CN(C)C4)c3)n2)ccc1CN=C(N)N1CC(OC(C)(C)C)C1. The molecule has 196 valence electrons. The van der Waals surface area contributed by atoms with Crippen molar-refractivity contribution in [2.75, 3.05) is 38.5 Å². The van der Waals surface area contributed by atoms with Gasteiger partial charge in [0.1, 0.15) is 0 Å². The van der Waals surface area contributed by atoms with Crippen LogP contribution < -0.4 is 11.1 Å². The third-order valence-electron chi connectivity index (χ3n) is 6.67. The van der Waals surface area contributed by atoms with Gasteiger partial charge in [0.15, 0.2) is 5.96 Å². The number of anilines is 2. The summed E-state index contributed by atoms with van der Waals surface area (Å²) in [5, 5.41) is 7.76. The second-order valence-corrected chi connectivity index (χ2v) is 11.0. The highest BCUT2D eigenvalue weighted by Crippen LogP contribution is 2.25. The lowest BCUT2D eigenvalue weighted by Gasteiger charge is -2.42. The number of aliphatic imine (C=N–C) groups is 1. The molecule has 2 aliphatic heterocycles. The summed E-state index contributed by atoms with van der Waals surface area (Å²) in [6, 6.07) is 8.65. The van der Waals surface area contributed by atoms with Crippen LogP contribution in [0.25, 0.3) is 11.3 Å². The summed E-state index contributed by atoms with van der Waals surface area (Å²) in [7, 11) is 2.11. The molecule has 2 fully saturated rings. The molecule has 0 aliphatic carbocycles. The standard InChI is InChI=1S/C27H37N9O/c1-18-10-19(6-7-20(18)11-30-25(28)35-16-23(17-35)37-27(2,3)4)24-8-9-29-26(33-24)32-21-12-31-36(13-21)22-14-34(5)15-22/h6-10,12-13,22-23H,11,14-17H2,1-5H3,(H2,28,30)(H,29,32,33). The summed E-state index contributed by atoms with van der Waals surface area (Å²) in [4.78, 5) is 18.1. The Morgan fingerprint density at radius 1 is 1.19 bits per heavy atom. The van der Waals surface area contributed by atoms with Gasteiger partial charge in [-0.2, -0.15) is 5.10 Å². The van der Waals surface area contributed by atoms with Gasteiger partial charge in [0, 0.05) is 44.1 Å². The number of nitrogens with one attached hydrogen (secondary N) is 1. The smallest absolute Gasteiger partial charge is 0.227 e. The molecule has 0 saturated carbocycles. The molecule has 0 radical (unpaired) electrons. The maximum Gasteiger partial charge on any atom is 0.227 e. The first kappa shape index (κ1) is 25.2. The van der Waals surface area contributed by atoms with E-state index in [4.69, 9.17) is 15.5 Å². The number of rotatable bonds is 7. The van der Waals surface area contributed by atoms with Gasteiger partial charge in [-0.3, -0.25) is 4.68 Å². The minimum atomic E-state index is -0.141. The van der Waals surface area contributed by atoms with Crippen molar-refractivity contribution in [1.29, 1.82) is 0 Å². The van der Waals surface area contributed by atoms with Crippen LogP contribution in [0.1, 0.15) is 37.9 Å². The molecule has 2 aromatic heterocycles. The van der Waals surface area contributed by atoms with Gasteiger partial charge in [0.05, 0.1) is 41.9 Å². The molecule has 10 heteroatoms. The predicted molar refractivity (Wildman–Crippen MR) is 146 cm³/mol. The lowest BCUT2D eigenvalue weighted by atomic mass is 10.0. The lowest BCUT2D eigenvalue weighted by Crippen LogP contribution is -2.58. The predicted octanol–water partition coefficient (Wildman–Crippen LogP) is 3.19. The Kier molecular flexibility index (Phi) is 6.87. The molecule has 0 atom stereocenters. The average Bonchev–Trinajstić information content (AvgIpc) is 3.25. The van der Waals surface area contributed by atoms with E-state index in [1.807, 2.05) is 23.1 Å². The van der Waals surface area contributed by atoms with Crippen LogP contribution in [0.5, 0.6) is 0 Å². The first-order valence-electron chi connectivity index (χ1n) is 12.8. The van der Waals surface area contributed by atoms with Crippen molar-refractivity contribution >= 4 is 17.6 Å². The number of hydrogen-bond donors (Lipinski definition) is 2. The minimum absolute atomic E-state index is 0.141. The number of aryl methyl sites for hydroxylation is 1. The molecule has 0 spiro atoms. The largest absolute Gasteiger partial charge is 0.370 e. The number of likely N-dealkylation sites (N-methyl/N-ethyl adjacent to an activating group) is 1. The fourth-order valence-corrected chi connectivity index (χ4v) is 4.64. The van der Waals surface area contributed by atoms with Crippen molar-refractivity contribution < 1.29 is 4.74 Å². The summed E-state index contributed by atoms with van der Waals surface area (Å²) in [6.07, 6.45) is 5.81. The lowest BCUT2D eigenvalue weighted by molar-refractivity contribution is -0.107. The molecule has 3 N–H and O–H groups in total. The number of likely N-dealkylation sites (tertiary alicyclic amines) is 2. The fraction of sp³-hybridized carbons (Fsp3) is 0.481. The van der Waals surface area contributed by atoms with Crippen molar-refractivity contribution in [1.82, 2.24) is 29.5 Å². The van der Waals surface area contributed by atoms with E-state index in [1.165, 1.54) is 0 Å². The van der Waals surface area contributed by atoms with Gasteiger partial charge in [-0.1, -0.05) is 12.1 Å². The number of nitrogens with zero attached hydrogens (tertiary/aromatic N) is 7. The number of ether oxygens (including phenoxy) is 1. The van der Waals surface area contributed by atoms with Crippen LogP contribution >= 0.6 is 0 Å². The van der Waals surface area contributed by atoms with E-state index in [1.54, 1.807) is 6.20 Å². The zero-order chi connectivity index (χ0) is 26.2. The molecule has 5 rings (SSSR count). The third kappa shape index (κ3) is 6.08. The second-order valence-electron chi connectivity index (χ2n) is 11.0. The number of benzene rings is 1. The Balaban J connectivity index is 1.19. The van der Waals surface area contributed by atoms with Crippen molar-refractivity contribution in [3.05, 3.63) is 54.0 Å². The van der Waals surface area contributed by atoms with Gasteiger partial charge < -0.3 is 25.6 Å². The zero-order valence-electron chi connectivity index (χ0n) is 22.3. The number of guanidine groups is 1. The van der Waals surface area contributed by atoms with Crippen LogP contribution in [-0.4, -0.2) is 80.4 Å². The molecule has 4 heterocycles. The molecule has 2 aliphatic rings. The average molecular weight is 504 g/mol. The number of aromatic nitrogens is 4. The quantitative estimate of drug-likeness (QED) is 0.374. The first-order chi connectivity index (χ1) is 17.6. The molecule has 10 nitrogen and oxygen atoms in total. The molecular formula is C27H37N9O. The van der Waals surface area contributed by atoms with Crippen LogP contribution in [0.2, 0.25) is 0 Å². The van der Waals surface area contributed by atoms with E-state index in [2.05, 4.69) is 83.1 Å². The fourth-order valence-electron chi connectivity index (χ4n) is 4.64. The van der Waals surface area contributed by atoms with Gasteiger partial charge in [-0.05, 0) is 58.0 Å². The summed E-state index contributed by atoms with van der Waals surface area (Å²) in [5.74, 6) is 1.11. The summed E-state index contributed by atoms with van der Waals surface area (Å²) < 4.78 is 7.98. The van der Waals surface area contributed by atoms with E-state index in [0.29, 0.717) is 24.5 Å². The van der Waals surface area contributed by atoms with Gasteiger partial charge in [0.25, 0.3) is 0 Å². The van der Waals surface area contributed by atoms with E-state index in [0.717, 1.165) is 54.3 Å². The topological polar surface area (TPSA) is 110 Å². The second kappa shape index (κ2) is 10.1. The van der Waals surface area contributed by atoms with Gasteiger partial charge in [-0.15, -0.1) is 0 Å². The Hall–Kier alpha value is -3.50. The van der Waals surface area contributed by atoms with Crippen LogP contribution in [-0.2, 0) is 11.3 Å². The number of nitrogens with two attached hydrogens (primary N) is 1. The van der Waals surface area contributed by atoms with Crippen molar-refractivity contribution in [2.45, 2.75) is 52.0 Å². The van der Waals surface area contributed by atoms with Crippen LogP contribution in [0.4, 0.5) is 11.6 Å². The van der Waals surface area contributed by atoms with Gasteiger partial charge in [0.2, 0.25) is 5.95 Å². The monoisotopic (exact) mass is 503 g/mol. The summed E-state index contributed by atoms with van der Waals surface area (Å²) >= 11 is 0. The summed E-state index contributed by atoms with van der Waals surface area (Å²) in [5.41, 5.74) is 11.1. The van der Waals surface area contributed by atoms with E-state index in [-0.39, 0.29) is 11.7 Å². The molecule has 0 bridgehead atoms. The molecule has 0 unspecified atom stereocenters. The zero-order valence-corrected chi connectivity index (χ0v) is 22.3. The number of hydrogen-bond acceptors (Lipinski definition) is 7. The van der Waals surface area contributed by atoms with E-state index < -0.39 is 0 Å². The highest BCUT2D eigenvalue weighted by atomic mass is 16.5. The molecule has 2 saturated heterocycles. The molecule has 3 aromatic rings. The van der Waals surface area contributed by atoms with Crippen molar-refractivity contribution in [3.8, 4) is 11.3 Å². The van der Waals surface area contributed by atoms with Gasteiger partial charge >= 0.3 is 0 Å². The Morgan fingerprint density at radius 2 is 1.97 bits per heavy atom. The van der Waals surface area contributed by atoms with Gasteiger partial charge in [-0.25, -0.2) is 15.0 Å². The molecular weight excluding hydrogens is 466 g/mol. The highest BCUT2D eigenvalue weighted by Gasteiger charge is 2.32. The van der Waals surface area contributed by atoms with E-state index in [9.17, 15) is 0 Å². The summed E-state index contributed by atoms with van der Waals surface area (Å²) in [6.45, 7) is 12.5. The van der Waals surface area contributed by atoms with Crippen molar-refractivity contribution in [3.63, 3.8) is 0 Å². The Bertz CT molecular complexity index is 1270. The normalized spacial score (nSPS) is 17.5.